The highest BCUT2D eigenvalue weighted by molar-refractivity contribution is 7.89. The molecule has 0 fully saturated rings. The zero-order valence-electron chi connectivity index (χ0n) is 14.6. The van der Waals surface area contributed by atoms with Crippen LogP contribution >= 0.6 is 11.6 Å². The second-order valence-corrected chi connectivity index (χ2v) is 8.00. The molecule has 0 bridgehead atoms. The quantitative estimate of drug-likeness (QED) is 0.370. The minimum atomic E-state index is -3.57. The molecule has 0 aliphatic rings. The molecule has 24 heavy (non-hydrogen) atoms. The van der Waals surface area contributed by atoms with Crippen LogP contribution in [0.5, 0.6) is 0 Å². The zero-order valence-corrected chi connectivity index (χ0v) is 16.2. The highest BCUT2D eigenvalue weighted by atomic mass is 35.5. The third-order valence-corrected chi connectivity index (χ3v) is 5.18. The van der Waals surface area contributed by atoms with E-state index in [4.69, 9.17) is 11.6 Å². The van der Waals surface area contributed by atoms with Gasteiger partial charge in [-0.3, -0.25) is 4.99 Å². The summed E-state index contributed by atoms with van der Waals surface area (Å²) >= 11 is 5.83. The Kier molecular flexibility index (Phi) is 8.52. The Morgan fingerprint density at radius 1 is 1.29 bits per heavy atom. The van der Waals surface area contributed by atoms with Crippen LogP contribution in [0.25, 0.3) is 0 Å². The van der Waals surface area contributed by atoms with Crippen LogP contribution in [0.2, 0.25) is 5.02 Å². The molecular formula is C16H27ClN4O2S. The van der Waals surface area contributed by atoms with Crippen LogP contribution in [0, 0.1) is 5.92 Å². The van der Waals surface area contributed by atoms with Crippen LogP contribution in [0.15, 0.2) is 34.2 Å². The summed E-state index contributed by atoms with van der Waals surface area (Å²) in [5.74, 6) is 1.15. The molecule has 0 amide bonds. The summed E-state index contributed by atoms with van der Waals surface area (Å²) in [5.41, 5.74) is 0. The van der Waals surface area contributed by atoms with E-state index in [-0.39, 0.29) is 17.5 Å². The molecule has 1 aromatic carbocycles. The Morgan fingerprint density at radius 3 is 2.58 bits per heavy atom. The van der Waals surface area contributed by atoms with Gasteiger partial charge < -0.3 is 10.6 Å². The van der Waals surface area contributed by atoms with Crippen LogP contribution in [0.3, 0.4) is 0 Å². The van der Waals surface area contributed by atoms with Crippen LogP contribution in [-0.4, -0.2) is 40.1 Å². The monoisotopic (exact) mass is 374 g/mol. The first-order chi connectivity index (χ1) is 11.3. The van der Waals surface area contributed by atoms with E-state index in [2.05, 4.69) is 41.1 Å². The van der Waals surface area contributed by atoms with E-state index in [1.54, 1.807) is 12.1 Å². The summed E-state index contributed by atoms with van der Waals surface area (Å²) < 4.78 is 26.9. The van der Waals surface area contributed by atoms with Gasteiger partial charge in [0.15, 0.2) is 5.96 Å². The molecule has 1 rings (SSSR count). The third kappa shape index (κ3) is 7.07. The van der Waals surface area contributed by atoms with Crippen molar-refractivity contribution in [3.8, 4) is 0 Å². The first-order valence-corrected chi connectivity index (χ1v) is 9.92. The molecule has 0 aliphatic carbocycles. The van der Waals surface area contributed by atoms with Crippen molar-refractivity contribution in [3.63, 3.8) is 0 Å². The van der Waals surface area contributed by atoms with Crippen molar-refractivity contribution >= 4 is 27.6 Å². The van der Waals surface area contributed by atoms with Gasteiger partial charge in [0.2, 0.25) is 10.0 Å². The van der Waals surface area contributed by atoms with Crippen molar-refractivity contribution in [2.75, 3.05) is 19.6 Å². The lowest BCUT2D eigenvalue weighted by Crippen LogP contribution is -2.44. The molecule has 0 saturated carbocycles. The molecule has 3 N–H and O–H groups in total. The molecular weight excluding hydrogens is 348 g/mol. The average molecular weight is 375 g/mol. The fourth-order valence-corrected chi connectivity index (χ4v) is 3.09. The van der Waals surface area contributed by atoms with E-state index < -0.39 is 10.0 Å². The van der Waals surface area contributed by atoms with Gasteiger partial charge in [0.1, 0.15) is 0 Å². The Hall–Kier alpha value is -1.31. The van der Waals surface area contributed by atoms with Crippen molar-refractivity contribution in [2.45, 2.75) is 38.6 Å². The fraction of sp³-hybridized carbons (Fsp3) is 0.562. The molecule has 1 atom stereocenters. The summed E-state index contributed by atoms with van der Waals surface area (Å²) in [4.78, 5) is 4.54. The second-order valence-electron chi connectivity index (χ2n) is 5.79. The maximum absolute atomic E-state index is 12.2. The van der Waals surface area contributed by atoms with Crippen molar-refractivity contribution in [2.24, 2.45) is 10.9 Å². The molecule has 6 nitrogen and oxygen atoms in total. The molecule has 0 aliphatic heterocycles. The van der Waals surface area contributed by atoms with Crippen LogP contribution in [-0.2, 0) is 10.0 Å². The third-order valence-electron chi connectivity index (χ3n) is 3.49. The molecule has 1 unspecified atom stereocenters. The number of hydrogen-bond acceptors (Lipinski definition) is 3. The lowest BCUT2D eigenvalue weighted by Gasteiger charge is -2.20. The van der Waals surface area contributed by atoms with Crippen molar-refractivity contribution in [3.05, 3.63) is 29.3 Å². The minimum absolute atomic E-state index is 0.150. The van der Waals surface area contributed by atoms with Gasteiger partial charge in [-0.2, -0.15) is 0 Å². The number of hydrogen-bond donors (Lipinski definition) is 3. The highest BCUT2D eigenvalue weighted by Gasteiger charge is 2.13. The topological polar surface area (TPSA) is 82.6 Å². The molecule has 1 aromatic rings. The van der Waals surface area contributed by atoms with Gasteiger partial charge in [0.05, 0.1) is 11.4 Å². The summed E-state index contributed by atoms with van der Waals surface area (Å²) in [5, 5.41) is 6.83. The molecule has 136 valence electrons. The molecule has 8 heteroatoms. The number of guanidine groups is 1. The lowest BCUT2D eigenvalue weighted by atomic mass is 10.1. The molecule has 0 saturated heterocycles. The Bertz CT molecular complexity index is 647. The van der Waals surface area contributed by atoms with Gasteiger partial charge in [0.25, 0.3) is 0 Å². The normalized spacial score (nSPS) is 13.8. The SMILES string of the molecule is CCNC(=NCCNS(=O)(=O)c1cccc(Cl)c1)NC(C)C(C)C. The number of benzene rings is 1. The molecule has 0 aromatic heterocycles. The number of rotatable bonds is 8. The van der Waals surface area contributed by atoms with Gasteiger partial charge >= 0.3 is 0 Å². The van der Waals surface area contributed by atoms with Crippen molar-refractivity contribution in [1.29, 1.82) is 0 Å². The van der Waals surface area contributed by atoms with Gasteiger partial charge in [-0.1, -0.05) is 31.5 Å². The smallest absolute Gasteiger partial charge is 0.240 e. The number of aliphatic imine (C=N–C) groups is 1. The molecule has 0 radical (unpaired) electrons. The predicted octanol–water partition coefficient (Wildman–Crippen LogP) is 2.22. The lowest BCUT2D eigenvalue weighted by molar-refractivity contribution is 0.481. The van der Waals surface area contributed by atoms with E-state index in [1.807, 2.05) is 6.92 Å². The highest BCUT2D eigenvalue weighted by Crippen LogP contribution is 2.14. The van der Waals surface area contributed by atoms with E-state index in [1.165, 1.54) is 12.1 Å². The van der Waals surface area contributed by atoms with E-state index >= 15 is 0 Å². The minimum Gasteiger partial charge on any atom is -0.357 e. The molecule has 0 heterocycles. The van der Waals surface area contributed by atoms with Crippen LogP contribution in [0.4, 0.5) is 0 Å². The number of halogens is 1. The van der Waals surface area contributed by atoms with Crippen molar-refractivity contribution < 1.29 is 8.42 Å². The number of sulfonamides is 1. The van der Waals surface area contributed by atoms with E-state index in [0.29, 0.717) is 23.4 Å². The van der Waals surface area contributed by atoms with Gasteiger partial charge in [-0.15, -0.1) is 0 Å². The van der Waals surface area contributed by atoms with E-state index in [0.717, 1.165) is 6.54 Å². The van der Waals surface area contributed by atoms with Crippen LogP contribution < -0.4 is 15.4 Å². The van der Waals surface area contributed by atoms with Gasteiger partial charge in [-0.05, 0) is 38.0 Å². The standard InChI is InChI=1S/C16H27ClN4O2S/c1-5-18-16(21-13(4)12(2)3)19-9-10-20-24(22,23)15-8-6-7-14(17)11-15/h6-8,11-13,20H,5,9-10H2,1-4H3,(H2,18,19,21). The number of nitrogens with zero attached hydrogens (tertiary/aromatic N) is 1. The van der Waals surface area contributed by atoms with E-state index in [9.17, 15) is 8.42 Å². The Morgan fingerprint density at radius 2 is 2.00 bits per heavy atom. The average Bonchev–Trinajstić information content (AvgIpc) is 2.51. The molecule has 0 spiro atoms. The Labute approximate surface area is 150 Å². The fourth-order valence-electron chi connectivity index (χ4n) is 1.77. The zero-order chi connectivity index (χ0) is 18.2. The van der Waals surface area contributed by atoms with Gasteiger partial charge in [-0.25, -0.2) is 13.1 Å². The maximum atomic E-state index is 12.2. The first-order valence-electron chi connectivity index (χ1n) is 8.06. The second kappa shape index (κ2) is 9.86. The predicted molar refractivity (Wildman–Crippen MR) is 100 cm³/mol. The maximum Gasteiger partial charge on any atom is 0.240 e. The summed E-state index contributed by atoms with van der Waals surface area (Å²) in [6.07, 6.45) is 0. The van der Waals surface area contributed by atoms with Gasteiger partial charge in [0, 0.05) is 24.2 Å². The summed E-state index contributed by atoms with van der Waals surface area (Å²) in [7, 11) is -3.57. The first kappa shape index (κ1) is 20.7. The summed E-state index contributed by atoms with van der Waals surface area (Å²) in [6, 6.07) is 6.44. The summed E-state index contributed by atoms with van der Waals surface area (Å²) in [6.45, 7) is 9.60. The number of nitrogens with one attached hydrogen (secondary N) is 3. The van der Waals surface area contributed by atoms with Crippen LogP contribution in [0.1, 0.15) is 27.7 Å². The van der Waals surface area contributed by atoms with Crippen molar-refractivity contribution in [1.82, 2.24) is 15.4 Å². The largest absolute Gasteiger partial charge is 0.357 e. The Balaban J connectivity index is 2.60.